The molecule has 0 aliphatic carbocycles. The van der Waals surface area contributed by atoms with E-state index in [0.717, 1.165) is 30.6 Å². The van der Waals surface area contributed by atoms with E-state index in [1.54, 1.807) is 0 Å². The Morgan fingerprint density at radius 3 is 3.11 bits per heavy atom. The van der Waals surface area contributed by atoms with Gasteiger partial charge in [0.05, 0.1) is 12.8 Å². The van der Waals surface area contributed by atoms with E-state index in [2.05, 4.69) is 48.8 Å². The fourth-order valence-corrected chi connectivity index (χ4v) is 3.59. The SMILES string of the molecule is CCCNCc1coc(CN2CCSC(C)C2C)c1. The standard InChI is InChI=1S/C15H26N2OS/c1-4-5-16-9-14-8-15(18-11-14)10-17-6-7-19-13(3)12(17)2/h8,11-13,16H,4-7,9-10H2,1-3H3. The highest BCUT2D eigenvalue weighted by Gasteiger charge is 2.25. The Hall–Kier alpha value is -0.450. The Labute approximate surface area is 121 Å². The summed E-state index contributed by atoms with van der Waals surface area (Å²) in [6.45, 7) is 10.9. The number of hydrogen-bond acceptors (Lipinski definition) is 4. The number of furan rings is 1. The maximum absolute atomic E-state index is 5.69. The summed E-state index contributed by atoms with van der Waals surface area (Å²) in [6, 6.07) is 2.83. The third-order valence-corrected chi connectivity index (χ3v) is 5.18. The van der Waals surface area contributed by atoms with Crippen molar-refractivity contribution >= 4 is 11.8 Å². The lowest BCUT2D eigenvalue weighted by atomic mass is 10.2. The molecule has 2 heterocycles. The molecule has 1 saturated heterocycles. The van der Waals surface area contributed by atoms with Crippen LogP contribution in [0.5, 0.6) is 0 Å². The summed E-state index contributed by atoms with van der Waals surface area (Å²) in [5.74, 6) is 2.33. The van der Waals surface area contributed by atoms with Crippen molar-refractivity contribution in [3.05, 3.63) is 23.7 Å². The van der Waals surface area contributed by atoms with Crippen LogP contribution < -0.4 is 5.32 Å². The first-order valence-electron chi connectivity index (χ1n) is 7.33. The summed E-state index contributed by atoms with van der Waals surface area (Å²) >= 11 is 2.08. The van der Waals surface area contributed by atoms with Crippen LogP contribution in [-0.2, 0) is 13.1 Å². The molecule has 0 saturated carbocycles. The van der Waals surface area contributed by atoms with Crippen LogP contribution >= 0.6 is 11.8 Å². The van der Waals surface area contributed by atoms with Crippen molar-refractivity contribution in [1.29, 1.82) is 0 Å². The van der Waals surface area contributed by atoms with Gasteiger partial charge in [-0.25, -0.2) is 0 Å². The van der Waals surface area contributed by atoms with Gasteiger partial charge in [-0.05, 0) is 26.0 Å². The van der Waals surface area contributed by atoms with Crippen LogP contribution in [0.2, 0.25) is 0 Å². The maximum Gasteiger partial charge on any atom is 0.118 e. The van der Waals surface area contributed by atoms with Crippen LogP contribution in [0.25, 0.3) is 0 Å². The Balaban J connectivity index is 1.85. The highest BCUT2D eigenvalue weighted by molar-refractivity contribution is 8.00. The summed E-state index contributed by atoms with van der Waals surface area (Å²) in [6.07, 6.45) is 3.07. The van der Waals surface area contributed by atoms with Gasteiger partial charge in [-0.3, -0.25) is 4.90 Å². The lowest BCUT2D eigenvalue weighted by Crippen LogP contribution is -2.43. The summed E-state index contributed by atoms with van der Waals surface area (Å²) in [5.41, 5.74) is 1.26. The number of nitrogens with zero attached hydrogens (tertiary/aromatic N) is 1. The fourth-order valence-electron chi connectivity index (χ4n) is 2.43. The van der Waals surface area contributed by atoms with Gasteiger partial charge in [0.1, 0.15) is 5.76 Å². The number of rotatable bonds is 6. The summed E-state index contributed by atoms with van der Waals surface area (Å²) in [7, 11) is 0. The Morgan fingerprint density at radius 1 is 1.47 bits per heavy atom. The van der Waals surface area contributed by atoms with Gasteiger partial charge in [0.25, 0.3) is 0 Å². The summed E-state index contributed by atoms with van der Waals surface area (Å²) in [5, 5.41) is 4.12. The molecule has 2 unspecified atom stereocenters. The molecular weight excluding hydrogens is 256 g/mol. The van der Waals surface area contributed by atoms with Gasteiger partial charge in [0, 0.05) is 35.7 Å². The van der Waals surface area contributed by atoms with Crippen LogP contribution in [0.4, 0.5) is 0 Å². The molecule has 108 valence electrons. The van der Waals surface area contributed by atoms with Crippen molar-refractivity contribution < 1.29 is 4.42 Å². The minimum absolute atomic E-state index is 0.630. The lowest BCUT2D eigenvalue weighted by Gasteiger charge is -2.36. The molecule has 19 heavy (non-hydrogen) atoms. The summed E-state index contributed by atoms with van der Waals surface area (Å²) < 4.78 is 5.69. The van der Waals surface area contributed by atoms with E-state index in [0.29, 0.717) is 6.04 Å². The second-order valence-electron chi connectivity index (χ2n) is 5.39. The van der Waals surface area contributed by atoms with E-state index in [1.165, 1.54) is 24.3 Å². The topological polar surface area (TPSA) is 28.4 Å². The van der Waals surface area contributed by atoms with Crippen LogP contribution in [0, 0.1) is 0 Å². The maximum atomic E-state index is 5.69. The first kappa shape index (κ1) is 14.9. The largest absolute Gasteiger partial charge is 0.468 e. The molecule has 1 aromatic heterocycles. The van der Waals surface area contributed by atoms with Crippen LogP contribution in [-0.4, -0.2) is 35.0 Å². The van der Waals surface area contributed by atoms with Gasteiger partial charge < -0.3 is 9.73 Å². The second kappa shape index (κ2) is 7.36. The lowest BCUT2D eigenvalue weighted by molar-refractivity contribution is 0.189. The highest BCUT2D eigenvalue weighted by Crippen LogP contribution is 2.25. The molecule has 1 aromatic rings. The predicted molar refractivity (Wildman–Crippen MR) is 82.5 cm³/mol. The van der Waals surface area contributed by atoms with Gasteiger partial charge in [0.2, 0.25) is 0 Å². The van der Waals surface area contributed by atoms with Crippen molar-refractivity contribution in [1.82, 2.24) is 10.2 Å². The third kappa shape index (κ3) is 4.26. The highest BCUT2D eigenvalue weighted by atomic mass is 32.2. The van der Waals surface area contributed by atoms with Gasteiger partial charge in [-0.2, -0.15) is 11.8 Å². The van der Waals surface area contributed by atoms with Crippen molar-refractivity contribution in [2.24, 2.45) is 0 Å². The molecule has 3 nitrogen and oxygen atoms in total. The zero-order valence-corrected chi connectivity index (χ0v) is 13.1. The average molecular weight is 282 g/mol. The minimum atomic E-state index is 0.630. The predicted octanol–water partition coefficient (Wildman–Crippen LogP) is 3.11. The number of thioether (sulfide) groups is 1. The Bertz CT molecular complexity index is 380. The van der Waals surface area contributed by atoms with E-state index >= 15 is 0 Å². The van der Waals surface area contributed by atoms with Gasteiger partial charge in [-0.15, -0.1) is 0 Å². The zero-order valence-electron chi connectivity index (χ0n) is 12.3. The molecule has 1 fully saturated rings. The van der Waals surface area contributed by atoms with Crippen LogP contribution in [0.3, 0.4) is 0 Å². The molecule has 0 aromatic carbocycles. The summed E-state index contributed by atoms with van der Waals surface area (Å²) in [4.78, 5) is 2.53. The quantitative estimate of drug-likeness (QED) is 0.812. The molecule has 0 bridgehead atoms. The molecule has 4 heteroatoms. The van der Waals surface area contributed by atoms with Crippen molar-refractivity contribution in [2.75, 3.05) is 18.8 Å². The van der Waals surface area contributed by atoms with E-state index in [4.69, 9.17) is 4.42 Å². The zero-order chi connectivity index (χ0) is 13.7. The van der Waals surface area contributed by atoms with Gasteiger partial charge in [0.15, 0.2) is 0 Å². The average Bonchev–Trinajstić information content (AvgIpc) is 2.83. The Morgan fingerprint density at radius 2 is 2.32 bits per heavy atom. The Kier molecular flexibility index (Phi) is 5.79. The normalized spacial score (nSPS) is 24.8. The van der Waals surface area contributed by atoms with Crippen LogP contribution in [0.15, 0.2) is 16.7 Å². The molecular formula is C15H26N2OS. The third-order valence-electron chi connectivity index (χ3n) is 3.84. The molecule has 1 aliphatic rings. The molecule has 0 amide bonds. The van der Waals surface area contributed by atoms with E-state index in [1.807, 2.05) is 6.26 Å². The molecule has 2 atom stereocenters. The number of hydrogen-bond donors (Lipinski definition) is 1. The van der Waals surface area contributed by atoms with E-state index < -0.39 is 0 Å². The molecule has 0 radical (unpaired) electrons. The first-order valence-corrected chi connectivity index (χ1v) is 8.38. The first-order chi connectivity index (χ1) is 9.20. The molecule has 2 rings (SSSR count). The second-order valence-corrected chi connectivity index (χ2v) is 6.87. The van der Waals surface area contributed by atoms with Crippen molar-refractivity contribution in [3.63, 3.8) is 0 Å². The van der Waals surface area contributed by atoms with Crippen molar-refractivity contribution in [3.8, 4) is 0 Å². The van der Waals surface area contributed by atoms with Crippen molar-refractivity contribution in [2.45, 2.75) is 51.6 Å². The molecule has 0 spiro atoms. The van der Waals surface area contributed by atoms with Crippen LogP contribution in [0.1, 0.15) is 38.5 Å². The smallest absolute Gasteiger partial charge is 0.118 e. The van der Waals surface area contributed by atoms with E-state index in [-0.39, 0.29) is 0 Å². The van der Waals surface area contributed by atoms with Gasteiger partial charge >= 0.3 is 0 Å². The monoisotopic (exact) mass is 282 g/mol. The molecule has 1 aliphatic heterocycles. The fraction of sp³-hybridized carbons (Fsp3) is 0.733. The van der Waals surface area contributed by atoms with E-state index in [9.17, 15) is 0 Å². The number of nitrogens with one attached hydrogen (secondary N) is 1. The minimum Gasteiger partial charge on any atom is -0.468 e. The van der Waals surface area contributed by atoms with Gasteiger partial charge in [-0.1, -0.05) is 13.8 Å². The molecule has 1 N–H and O–H groups in total.